The van der Waals surface area contributed by atoms with Crippen molar-refractivity contribution in [1.82, 2.24) is 0 Å². The Bertz CT molecular complexity index is 58.0. The molecule has 0 fully saturated rings. The quantitative estimate of drug-likeness (QED) is 0.212. The molecule has 0 aliphatic rings. The van der Waals surface area contributed by atoms with Crippen molar-refractivity contribution in [3.8, 4) is 0 Å². The smallest absolute Gasteiger partial charge is 1.00 e. The predicted molar refractivity (Wildman–Crippen MR) is 32.2 cm³/mol. The Morgan fingerprint density at radius 1 is 0.0690 bits per heavy atom. The van der Waals surface area contributed by atoms with Gasteiger partial charge in [0.25, 0.3) is 0 Å². The molecule has 0 aliphatic carbocycles. The summed E-state index contributed by atoms with van der Waals surface area (Å²) in [6.45, 7) is 0. The summed E-state index contributed by atoms with van der Waals surface area (Å²) in [4.78, 5) is 0. The Morgan fingerprint density at radius 3 is 0.0690 bits per heavy atom. The Kier molecular flexibility index (Phi) is 1240. The third-order valence-corrected chi connectivity index (χ3v) is 0. The van der Waals surface area contributed by atoms with Crippen molar-refractivity contribution < 1.29 is 1530 Å². The Balaban J connectivity index is 0. The van der Waals surface area contributed by atoms with E-state index in [0.29, 0.717) is 0 Å². The Hall–Kier alpha value is 47.5. The van der Waals surface area contributed by atoms with Crippen LogP contribution in [0.1, 0.15) is 41.4 Å². The fraction of sp³-hybridized carbons (Fsp3) is 0. The molecule has 0 nitrogen and oxygen atoms in total. The van der Waals surface area contributed by atoms with Gasteiger partial charge in [0.15, 0.2) is 0 Å². The van der Waals surface area contributed by atoms with E-state index in [2.05, 4.69) is 0 Å². The topological polar surface area (TPSA) is 0 Å². The summed E-state index contributed by atoms with van der Waals surface area (Å²) < 4.78 is 0. The summed E-state index contributed by atoms with van der Waals surface area (Å²) in [5.74, 6) is 0. The van der Waals surface area contributed by atoms with E-state index in [0.717, 1.165) is 0 Å². The van der Waals surface area contributed by atoms with Gasteiger partial charge in [0.1, 0.15) is 0 Å². The Labute approximate surface area is 1460 Å². The summed E-state index contributed by atoms with van der Waals surface area (Å²) in [5.41, 5.74) is 0. The second-order valence-electron chi connectivity index (χ2n) is 0. The van der Waals surface area contributed by atoms with Crippen LogP contribution in [0.25, 0.3) is 0 Å². The third kappa shape index (κ3) is 181. The zero-order chi connectivity index (χ0) is 0. The van der Waals surface area contributed by atoms with Crippen molar-refractivity contribution in [1.29, 1.82) is 0 Å². The monoisotopic (exact) mass is 1160 g/mol. The van der Waals surface area contributed by atoms with Crippen LogP contribution in [0.5, 0.6) is 0 Å². The fourth-order valence-corrected chi connectivity index (χ4v) is 0. The molecule has 0 aromatic carbocycles. The van der Waals surface area contributed by atoms with Gasteiger partial charge in [0.2, 0.25) is 0 Å². The molecule has 29 heteroatoms. The van der Waals surface area contributed by atoms with E-state index in [1.54, 1.807) is 0 Å². The van der Waals surface area contributed by atoms with E-state index in [9.17, 15) is 0 Å². The van der Waals surface area contributed by atoms with Crippen molar-refractivity contribution in [2.75, 3.05) is 0 Å². The van der Waals surface area contributed by atoms with Gasteiger partial charge < -0.3 is 41.4 Å². The van der Waals surface area contributed by atoms with Gasteiger partial charge in [0.05, 0.1) is 0 Å². The van der Waals surface area contributed by atoms with Gasteiger partial charge in [-0.2, -0.15) is 0 Å². The zero-order valence-corrected chi connectivity index (χ0v) is 120. The van der Waals surface area contributed by atoms with Gasteiger partial charge in [0, 0.05) is 0 Å². The maximum atomic E-state index is 0. The average Bonchev–Trinajstić information content (AvgIpc) is 0. The number of hydrogen-bond donors (Lipinski definition) is 0. The largest absolute Gasteiger partial charge is 1.00 e. The summed E-state index contributed by atoms with van der Waals surface area (Å²) in [5, 5.41) is 0. The van der Waals surface area contributed by atoms with Crippen molar-refractivity contribution in [3.63, 3.8) is 0 Å². The molecule has 0 aromatic heterocycles. The first-order valence-corrected chi connectivity index (χ1v) is 0. The van der Waals surface area contributed by atoms with Gasteiger partial charge in [-0.1, -0.05) is 0 Å². The van der Waals surface area contributed by atoms with E-state index in [1.165, 1.54) is 0 Å². The van der Waals surface area contributed by atoms with E-state index in [-0.39, 0.29) is 1530 Å². The normalized spacial score (nSPS) is 0. The maximum Gasteiger partial charge on any atom is 1.00 e. The number of rotatable bonds is 0. The molecule has 29 heavy (non-hydrogen) atoms. The van der Waals surface area contributed by atoms with Gasteiger partial charge in [-0.15, -0.1) is 0 Å². The first-order chi connectivity index (χ1) is 0. The van der Waals surface area contributed by atoms with Crippen molar-refractivity contribution in [2.24, 2.45) is 0 Å². The van der Waals surface area contributed by atoms with Crippen LogP contribution in [0, 0.1) is 0 Å². The molecule has 0 saturated carbocycles. The van der Waals surface area contributed by atoms with Crippen LogP contribution in [0.4, 0.5) is 0 Å². The minimum atomic E-state index is 0. The SMILES string of the molecule is [H-].[H-].[H-].[H-].[H-].[H-].[H-].[H-].[H-].[H-].[H-].[H-].[H-].[H-].[H-].[H-].[H-].[H-].[H-].[H-].[H-].[H-].[H-].[H-].[H-].[H-].[H-].[H-].[H-].[K+].[K+].[K+].[K+].[K+].[K+].[K+].[K+].[K+].[K+].[K+].[K+].[K+].[K+].[K+].[K+].[K+].[K+].[K+].[K+].[K+].[K+].[K+].[K+].[K+].[K+].[K+].[K+].[K+]. The minimum absolute atomic E-state index is 0. The van der Waals surface area contributed by atoms with Gasteiger partial charge >= 0.3 is 1490 Å². The predicted octanol–water partition coefficient (Wildman–Crippen LogP) is -83.6. The molecule has 0 spiro atoms. The van der Waals surface area contributed by atoms with Crippen LogP contribution in [0.2, 0.25) is 0 Å². The third-order valence-electron chi connectivity index (χ3n) is 0. The summed E-state index contributed by atoms with van der Waals surface area (Å²) >= 11 is 0. The second kappa shape index (κ2) is 186. The van der Waals surface area contributed by atoms with E-state index < -0.39 is 0 Å². The van der Waals surface area contributed by atoms with E-state index in [1.807, 2.05) is 0 Å². The molecule has 58 valence electrons. The van der Waals surface area contributed by atoms with Crippen LogP contribution in [0.15, 0.2) is 0 Å². The second-order valence-corrected chi connectivity index (χ2v) is 0. The fourth-order valence-electron chi connectivity index (χ4n) is 0. The molecule has 0 bridgehead atoms. The average molecular weight is 1160 g/mol. The molecule has 0 heterocycles. The molecule has 0 saturated heterocycles. The van der Waals surface area contributed by atoms with E-state index >= 15 is 0 Å². The summed E-state index contributed by atoms with van der Waals surface area (Å²) in [6, 6.07) is 0. The van der Waals surface area contributed by atoms with Crippen molar-refractivity contribution in [3.05, 3.63) is 0 Å². The van der Waals surface area contributed by atoms with E-state index in [4.69, 9.17) is 0 Å². The van der Waals surface area contributed by atoms with Crippen LogP contribution in [0.3, 0.4) is 0 Å². The number of hydrogen-bond acceptors (Lipinski definition) is 0. The zero-order valence-electron chi connectivity index (χ0n) is 58.0. The summed E-state index contributed by atoms with van der Waals surface area (Å²) in [6.07, 6.45) is 0. The molecule has 0 radical (unpaired) electrons. The van der Waals surface area contributed by atoms with Crippen LogP contribution >= 0.6 is 0 Å². The Morgan fingerprint density at radius 2 is 0.0690 bits per heavy atom. The molecule has 0 aromatic rings. The van der Waals surface area contributed by atoms with Gasteiger partial charge in [-0.25, -0.2) is 0 Å². The summed E-state index contributed by atoms with van der Waals surface area (Å²) in [7, 11) is 0. The molecule has 0 rings (SSSR count). The molecule has 0 unspecified atom stereocenters. The first kappa shape index (κ1) is 193. The molecule has 0 N–H and O–H groups in total. The minimum Gasteiger partial charge on any atom is -1.00 e. The molecular weight excluding hydrogens is 1130 g/mol. The standard InChI is InChI=1S/29K.29H/q29*+1;29*-1. The molecule has 0 atom stereocenters. The first-order valence-electron chi connectivity index (χ1n) is 0. The van der Waals surface area contributed by atoms with Crippen LogP contribution in [-0.4, -0.2) is 0 Å². The van der Waals surface area contributed by atoms with Gasteiger partial charge in [-0.05, 0) is 0 Å². The van der Waals surface area contributed by atoms with Crippen LogP contribution < -0.4 is 1490 Å². The molecule has 0 aliphatic heterocycles. The maximum absolute atomic E-state index is 0. The van der Waals surface area contributed by atoms with Gasteiger partial charge in [-0.3, -0.25) is 0 Å². The molecule has 0 amide bonds. The molecular formula is H29K29. The van der Waals surface area contributed by atoms with Crippen LogP contribution in [-0.2, 0) is 0 Å². The van der Waals surface area contributed by atoms with Crippen molar-refractivity contribution >= 4 is 0 Å². The van der Waals surface area contributed by atoms with Crippen molar-refractivity contribution in [2.45, 2.75) is 0 Å².